The molecule has 0 unspecified atom stereocenters. The molecule has 0 spiro atoms. The van der Waals surface area contributed by atoms with Gasteiger partial charge in [0.25, 0.3) is 0 Å². The third-order valence-electron chi connectivity index (χ3n) is 4.29. The molecule has 148 valence electrons. The number of carbonyl (C=O) groups excluding carboxylic acids is 1. The maximum absolute atomic E-state index is 13.3. The number of carbonyl (C=O) groups is 1. The molecule has 0 aliphatic carbocycles. The lowest BCUT2D eigenvalue weighted by molar-refractivity contribution is -0.116. The lowest BCUT2D eigenvalue weighted by atomic mass is 10.0. The van der Waals surface area contributed by atoms with Gasteiger partial charge in [-0.05, 0) is 54.8 Å². The first-order valence-corrected chi connectivity index (χ1v) is 9.46. The highest BCUT2D eigenvalue weighted by molar-refractivity contribution is 5.94. The zero-order valence-corrected chi connectivity index (χ0v) is 15.9. The van der Waals surface area contributed by atoms with Crippen molar-refractivity contribution in [3.8, 4) is 5.75 Å². The average molecular weight is 384 g/mol. The quantitative estimate of drug-likeness (QED) is 0.390. The summed E-state index contributed by atoms with van der Waals surface area (Å²) in [5.41, 5.74) is 2.77. The second-order valence-corrected chi connectivity index (χ2v) is 6.47. The molecular formula is C21H25FN4O2. The predicted molar refractivity (Wildman–Crippen MR) is 108 cm³/mol. The summed E-state index contributed by atoms with van der Waals surface area (Å²) in [4.78, 5) is 15.9. The number of aryl methyl sites for hydroxylation is 1. The summed E-state index contributed by atoms with van der Waals surface area (Å²) >= 11 is 0. The Kier molecular flexibility index (Phi) is 6.84. The van der Waals surface area contributed by atoms with E-state index in [1.54, 1.807) is 6.07 Å². The van der Waals surface area contributed by atoms with E-state index < -0.39 is 0 Å². The van der Waals surface area contributed by atoms with Crippen molar-refractivity contribution < 1.29 is 13.9 Å². The molecule has 0 saturated heterocycles. The molecule has 3 rings (SSSR count). The molecule has 3 N–H and O–H groups in total. The van der Waals surface area contributed by atoms with Gasteiger partial charge in [-0.3, -0.25) is 4.79 Å². The Hall–Kier alpha value is -3.09. The maximum Gasteiger partial charge on any atom is 0.224 e. The number of nitrogens with zero attached hydrogens (tertiary/aromatic N) is 1. The number of amides is 1. The van der Waals surface area contributed by atoms with E-state index in [1.807, 2.05) is 31.2 Å². The van der Waals surface area contributed by atoms with Gasteiger partial charge in [0.15, 0.2) is 5.96 Å². The SMILES string of the molecule is CCNC(=NCc1cccc(F)c1)NCCOc1ccc2c(c1)CCC(=O)N2. The lowest BCUT2D eigenvalue weighted by Gasteiger charge is -2.18. The molecule has 1 heterocycles. The van der Waals surface area contributed by atoms with E-state index in [1.165, 1.54) is 12.1 Å². The van der Waals surface area contributed by atoms with Crippen LogP contribution in [-0.2, 0) is 17.8 Å². The van der Waals surface area contributed by atoms with Gasteiger partial charge >= 0.3 is 0 Å². The molecule has 0 aromatic heterocycles. The first kappa shape index (κ1) is 19.7. The van der Waals surface area contributed by atoms with Gasteiger partial charge in [-0.1, -0.05) is 12.1 Å². The molecule has 0 atom stereocenters. The summed E-state index contributed by atoms with van der Waals surface area (Å²) in [5.74, 6) is 1.23. The summed E-state index contributed by atoms with van der Waals surface area (Å²) in [6, 6.07) is 12.1. The molecule has 0 radical (unpaired) electrons. The van der Waals surface area contributed by atoms with Crippen LogP contribution in [0.15, 0.2) is 47.5 Å². The lowest BCUT2D eigenvalue weighted by Crippen LogP contribution is -2.39. The van der Waals surface area contributed by atoms with E-state index in [0.29, 0.717) is 32.1 Å². The highest BCUT2D eigenvalue weighted by Gasteiger charge is 2.14. The number of guanidine groups is 1. The van der Waals surface area contributed by atoms with Crippen molar-refractivity contribution in [1.29, 1.82) is 0 Å². The Morgan fingerprint density at radius 3 is 2.93 bits per heavy atom. The Balaban J connectivity index is 1.48. The molecule has 1 aliphatic rings. The Labute approximate surface area is 164 Å². The van der Waals surface area contributed by atoms with Crippen molar-refractivity contribution >= 4 is 17.6 Å². The summed E-state index contributed by atoms with van der Waals surface area (Å²) in [6.45, 7) is 4.15. The second kappa shape index (κ2) is 9.73. The minimum atomic E-state index is -0.260. The van der Waals surface area contributed by atoms with Crippen LogP contribution in [0.3, 0.4) is 0 Å². The van der Waals surface area contributed by atoms with E-state index in [2.05, 4.69) is 20.9 Å². The first-order valence-electron chi connectivity index (χ1n) is 9.46. The molecule has 0 fully saturated rings. The van der Waals surface area contributed by atoms with Crippen molar-refractivity contribution in [1.82, 2.24) is 10.6 Å². The van der Waals surface area contributed by atoms with Crippen LogP contribution in [0, 0.1) is 5.82 Å². The van der Waals surface area contributed by atoms with Crippen LogP contribution >= 0.6 is 0 Å². The number of fused-ring (bicyclic) bond motifs is 1. The largest absolute Gasteiger partial charge is 0.492 e. The number of anilines is 1. The van der Waals surface area contributed by atoms with Gasteiger partial charge in [0.2, 0.25) is 5.91 Å². The van der Waals surface area contributed by atoms with E-state index >= 15 is 0 Å². The van der Waals surface area contributed by atoms with Crippen molar-refractivity contribution in [2.75, 3.05) is 25.0 Å². The van der Waals surface area contributed by atoms with Crippen LogP contribution in [0.5, 0.6) is 5.75 Å². The van der Waals surface area contributed by atoms with Crippen LogP contribution in [0.25, 0.3) is 0 Å². The molecule has 28 heavy (non-hydrogen) atoms. The zero-order valence-electron chi connectivity index (χ0n) is 15.9. The molecule has 0 saturated carbocycles. The third-order valence-corrected chi connectivity index (χ3v) is 4.29. The van der Waals surface area contributed by atoms with Gasteiger partial charge in [-0.2, -0.15) is 0 Å². The number of hydrogen-bond acceptors (Lipinski definition) is 3. The Morgan fingerprint density at radius 1 is 1.21 bits per heavy atom. The zero-order chi connectivity index (χ0) is 19.8. The standard InChI is InChI=1S/C21H25FN4O2/c1-2-23-21(25-14-15-4-3-5-17(22)12-15)24-10-11-28-18-7-8-19-16(13-18)6-9-20(27)26-19/h3-5,7-8,12-13H,2,6,9-11,14H2,1H3,(H,26,27)(H2,23,24,25). The fourth-order valence-corrected chi connectivity index (χ4v) is 2.94. The van der Waals surface area contributed by atoms with Gasteiger partial charge in [0, 0.05) is 18.7 Å². The summed E-state index contributed by atoms with van der Waals surface area (Å²) in [6.07, 6.45) is 1.24. The van der Waals surface area contributed by atoms with Crippen LogP contribution in [-0.4, -0.2) is 31.6 Å². The molecule has 2 aromatic rings. The molecular weight excluding hydrogens is 359 g/mol. The summed E-state index contributed by atoms with van der Waals surface area (Å²) < 4.78 is 19.1. The van der Waals surface area contributed by atoms with Crippen molar-refractivity contribution in [3.05, 3.63) is 59.4 Å². The fraction of sp³-hybridized carbons (Fsp3) is 0.333. The van der Waals surface area contributed by atoms with Gasteiger partial charge in [0.05, 0.1) is 13.1 Å². The van der Waals surface area contributed by atoms with E-state index in [4.69, 9.17) is 4.74 Å². The predicted octanol–water partition coefficient (Wildman–Crippen LogP) is 2.84. The average Bonchev–Trinajstić information content (AvgIpc) is 2.69. The van der Waals surface area contributed by atoms with Crippen LogP contribution in [0.1, 0.15) is 24.5 Å². The van der Waals surface area contributed by atoms with Gasteiger partial charge < -0.3 is 20.7 Å². The number of aliphatic imine (C=N–C) groups is 1. The number of benzene rings is 2. The number of hydrogen-bond donors (Lipinski definition) is 3. The topological polar surface area (TPSA) is 74.8 Å². The summed E-state index contributed by atoms with van der Waals surface area (Å²) in [7, 11) is 0. The molecule has 7 heteroatoms. The summed E-state index contributed by atoms with van der Waals surface area (Å²) in [5, 5.41) is 9.23. The van der Waals surface area contributed by atoms with Crippen LogP contribution in [0.2, 0.25) is 0 Å². The van der Waals surface area contributed by atoms with E-state index in [9.17, 15) is 9.18 Å². The normalized spacial score (nSPS) is 13.5. The second-order valence-electron chi connectivity index (χ2n) is 6.47. The van der Waals surface area contributed by atoms with Crippen LogP contribution < -0.4 is 20.7 Å². The van der Waals surface area contributed by atoms with Crippen molar-refractivity contribution in [3.63, 3.8) is 0 Å². The molecule has 2 aromatic carbocycles. The molecule has 1 amide bonds. The monoisotopic (exact) mass is 384 g/mol. The maximum atomic E-state index is 13.3. The van der Waals surface area contributed by atoms with Gasteiger partial charge in [-0.15, -0.1) is 0 Å². The Morgan fingerprint density at radius 2 is 2.11 bits per heavy atom. The number of halogens is 1. The molecule has 6 nitrogen and oxygen atoms in total. The van der Waals surface area contributed by atoms with Crippen LogP contribution in [0.4, 0.5) is 10.1 Å². The smallest absolute Gasteiger partial charge is 0.224 e. The Bertz CT molecular complexity index is 854. The highest BCUT2D eigenvalue weighted by Crippen LogP contribution is 2.26. The van der Waals surface area contributed by atoms with E-state index in [-0.39, 0.29) is 11.7 Å². The minimum absolute atomic E-state index is 0.0545. The van der Waals surface area contributed by atoms with Gasteiger partial charge in [0.1, 0.15) is 18.2 Å². The van der Waals surface area contributed by atoms with Gasteiger partial charge in [-0.25, -0.2) is 9.38 Å². The number of rotatable bonds is 7. The minimum Gasteiger partial charge on any atom is -0.492 e. The first-order chi connectivity index (χ1) is 13.6. The third kappa shape index (κ3) is 5.70. The van der Waals surface area contributed by atoms with Crippen molar-refractivity contribution in [2.24, 2.45) is 4.99 Å². The number of ether oxygens (including phenoxy) is 1. The van der Waals surface area contributed by atoms with E-state index in [0.717, 1.165) is 35.5 Å². The highest BCUT2D eigenvalue weighted by atomic mass is 19.1. The fourth-order valence-electron chi connectivity index (χ4n) is 2.94. The molecule has 1 aliphatic heterocycles. The molecule has 0 bridgehead atoms. The number of nitrogens with one attached hydrogen (secondary N) is 3. The van der Waals surface area contributed by atoms with Crippen molar-refractivity contribution in [2.45, 2.75) is 26.3 Å².